The lowest BCUT2D eigenvalue weighted by Crippen LogP contribution is -2.25. The molecule has 2 aromatic carbocycles. The Labute approximate surface area is 180 Å². The molecular weight excluding hydrogens is 415 g/mol. The van der Waals surface area contributed by atoms with Crippen molar-refractivity contribution in [3.63, 3.8) is 0 Å². The van der Waals surface area contributed by atoms with E-state index < -0.39 is 5.97 Å². The molecule has 0 amide bonds. The standard InChI is InChI=1S/C20H21ClN4O3.ClH/c1-22-20-23-9-16-15(12-5-4-6-14(21)7-12)8-13(10-25(2)11-17(26)27)19(28-3)18(16)24-20;/h4-9H,10-11H2,1-3H3,(H,26,27)(H,22,23,24);1H. The third-order valence-electron chi connectivity index (χ3n) is 4.31. The monoisotopic (exact) mass is 436 g/mol. The largest absolute Gasteiger partial charge is 0.494 e. The summed E-state index contributed by atoms with van der Waals surface area (Å²) < 4.78 is 5.66. The molecule has 0 bridgehead atoms. The summed E-state index contributed by atoms with van der Waals surface area (Å²) in [6.07, 6.45) is 1.75. The first-order valence-electron chi connectivity index (χ1n) is 8.63. The molecule has 1 heterocycles. The van der Waals surface area contributed by atoms with Gasteiger partial charge in [-0.1, -0.05) is 23.7 Å². The van der Waals surface area contributed by atoms with Crippen molar-refractivity contribution in [2.75, 3.05) is 33.1 Å². The molecule has 0 aliphatic rings. The van der Waals surface area contributed by atoms with Crippen LogP contribution in [0.4, 0.5) is 5.95 Å². The van der Waals surface area contributed by atoms with Crippen molar-refractivity contribution in [2.24, 2.45) is 0 Å². The van der Waals surface area contributed by atoms with Crippen molar-refractivity contribution >= 4 is 46.8 Å². The molecule has 1 aromatic heterocycles. The van der Waals surface area contributed by atoms with Crippen LogP contribution in [0.1, 0.15) is 5.56 Å². The summed E-state index contributed by atoms with van der Waals surface area (Å²) in [5.41, 5.74) is 3.30. The molecule has 0 fully saturated rings. The molecule has 154 valence electrons. The van der Waals surface area contributed by atoms with Gasteiger partial charge in [0.15, 0.2) is 0 Å². The van der Waals surface area contributed by atoms with E-state index in [-0.39, 0.29) is 19.0 Å². The molecule has 3 rings (SSSR count). The minimum atomic E-state index is -0.892. The fourth-order valence-corrected chi connectivity index (χ4v) is 3.35. The Balaban J connectivity index is 0.00000300. The predicted molar refractivity (Wildman–Crippen MR) is 117 cm³/mol. The number of carboxylic acids is 1. The van der Waals surface area contributed by atoms with Gasteiger partial charge in [-0.3, -0.25) is 9.69 Å². The second-order valence-electron chi connectivity index (χ2n) is 6.40. The molecule has 0 spiro atoms. The summed E-state index contributed by atoms with van der Waals surface area (Å²) in [5.74, 6) is 0.174. The van der Waals surface area contributed by atoms with E-state index in [1.165, 1.54) is 0 Å². The quantitative estimate of drug-likeness (QED) is 0.579. The van der Waals surface area contributed by atoms with E-state index in [0.29, 0.717) is 28.8 Å². The minimum absolute atomic E-state index is 0. The number of ether oxygens (including phenoxy) is 1. The second-order valence-corrected chi connectivity index (χ2v) is 6.84. The molecule has 29 heavy (non-hydrogen) atoms. The molecule has 9 heteroatoms. The highest BCUT2D eigenvalue weighted by molar-refractivity contribution is 6.30. The Hall–Kier alpha value is -2.61. The number of carbonyl (C=O) groups is 1. The van der Waals surface area contributed by atoms with E-state index in [2.05, 4.69) is 15.3 Å². The molecule has 7 nitrogen and oxygen atoms in total. The molecule has 0 atom stereocenters. The Bertz CT molecular complexity index is 1030. The molecule has 2 N–H and O–H groups in total. The molecule has 0 saturated carbocycles. The summed E-state index contributed by atoms with van der Waals surface area (Å²) in [4.78, 5) is 21.7. The number of halogens is 2. The maximum absolute atomic E-state index is 11.1. The summed E-state index contributed by atoms with van der Waals surface area (Å²) in [6, 6.07) is 9.51. The fraction of sp³-hybridized carbons (Fsp3) is 0.250. The van der Waals surface area contributed by atoms with Crippen LogP contribution in [0.15, 0.2) is 36.5 Å². The van der Waals surface area contributed by atoms with Gasteiger partial charge in [-0.25, -0.2) is 9.97 Å². The number of benzene rings is 2. The van der Waals surface area contributed by atoms with Crippen molar-refractivity contribution in [1.82, 2.24) is 14.9 Å². The summed E-state index contributed by atoms with van der Waals surface area (Å²) >= 11 is 6.19. The van der Waals surface area contributed by atoms with Gasteiger partial charge in [-0.15, -0.1) is 12.4 Å². The number of anilines is 1. The van der Waals surface area contributed by atoms with Gasteiger partial charge in [0.1, 0.15) is 11.3 Å². The van der Waals surface area contributed by atoms with E-state index >= 15 is 0 Å². The van der Waals surface area contributed by atoms with Crippen molar-refractivity contribution in [3.8, 4) is 16.9 Å². The number of fused-ring (bicyclic) bond motifs is 1. The Morgan fingerprint density at radius 2 is 2.10 bits per heavy atom. The van der Waals surface area contributed by atoms with E-state index in [9.17, 15) is 4.79 Å². The first-order chi connectivity index (χ1) is 13.4. The maximum Gasteiger partial charge on any atom is 0.317 e. The van der Waals surface area contributed by atoms with Crippen molar-refractivity contribution in [2.45, 2.75) is 6.54 Å². The van der Waals surface area contributed by atoms with Gasteiger partial charge < -0.3 is 15.2 Å². The van der Waals surface area contributed by atoms with Crippen LogP contribution < -0.4 is 10.1 Å². The number of hydrogen-bond donors (Lipinski definition) is 2. The average Bonchev–Trinajstić information content (AvgIpc) is 2.66. The zero-order chi connectivity index (χ0) is 20.3. The number of hydrogen-bond acceptors (Lipinski definition) is 6. The first-order valence-corrected chi connectivity index (χ1v) is 9.01. The van der Waals surface area contributed by atoms with Crippen molar-refractivity contribution in [1.29, 1.82) is 0 Å². The smallest absolute Gasteiger partial charge is 0.317 e. The van der Waals surface area contributed by atoms with Crippen LogP contribution in [-0.4, -0.2) is 53.7 Å². The molecule has 0 unspecified atom stereocenters. The number of aromatic nitrogens is 2. The van der Waals surface area contributed by atoms with Crippen LogP contribution in [-0.2, 0) is 11.3 Å². The zero-order valence-electron chi connectivity index (χ0n) is 16.3. The summed E-state index contributed by atoms with van der Waals surface area (Å²) in [5, 5.41) is 13.5. The third kappa shape index (κ3) is 5.06. The molecule has 0 radical (unpaired) electrons. The fourth-order valence-electron chi connectivity index (χ4n) is 3.16. The van der Waals surface area contributed by atoms with Crippen LogP contribution in [0.25, 0.3) is 22.0 Å². The van der Waals surface area contributed by atoms with E-state index in [4.69, 9.17) is 21.4 Å². The summed E-state index contributed by atoms with van der Waals surface area (Å²) in [7, 11) is 5.07. The first kappa shape index (κ1) is 22.7. The lowest BCUT2D eigenvalue weighted by atomic mass is 9.97. The van der Waals surface area contributed by atoms with Gasteiger partial charge in [0.05, 0.1) is 13.7 Å². The Morgan fingerprint density at radius 3 is 2.72 bits per heavy atom. The van der Waals surface area contributed by atoms with Crippen LogP contribution >= 0.6 is 24.0 Å². The van der Waals surface area contributed by atoms with Crippen molar-refractivity contribution in [3.05, 3.63) is 47.1 Å². The second kappa shape index (κ2) is 9.73. The SMILES string of the molecule is CNc1ncc2c(-c3cccc(Cl)c3)cc(CN(C)CC(=O)O)c(OC)c2n1.Cl. The Morgan fingerprint density at radius 1 is 1.34 bits per heavy atom. The molecule has 0 aliphatic heterocycles. The van der Waals surface area contributed by atoms with Crippen LogP contribution in [0.2, 0.25) is 5.02 Å². The highest BCUT2D eigenvalue weighted by Gasteiger charge is 2.18. The number of likely N-dealkylation sites (N-methyl/N-ethyl adjacent to an activating group) is 1. The topological polar surface area (TPSA) is 87.6 Å². The lowest BCUT2D eigenvalue weighted by molar-refractivity contribution is -0.138. The molecule has 0 aliphatic carbocycles. The zero-order valence-corrected chi connectivity index (χ0v) is 17.8. The number of aliphatic carboxylic acids is 1. The number of methoxy groups -OCH3 is 1. The van der Waals surface area contributed by atoms with Crippen molar-refractivity contribution < 1.29 is 14.6 Å². The maximum atomic E-state index is 11.1. The molecule has 3 aromatic rings. The normalized spacial score (nSPS) is 10.7. The van der Waals surface area contributed by atoms with Gasteiger partial charge in [0, 0.05) is 35.8 Å². The average molecular weight is 437 g/mol. The molecular formula is C20H22Cl2N4O3. The number of rotatable bonds is 7. The van der Waals surface area contributed by atoms with E-state index in [0.717, 1.165) is 22.1 Å². The minimum Gasteiger partial charge on any atom is -0.494 e. The van der Waals surface area contributed by atoms with Crippen LogP contribution in [0.3, 0.4) is 0 Å². The van der Waals surface area contributed by atoms with E-state index in [1.807, 2.05) is 30.3 Å². The predicted octanol–water partition coefficient (Wildman–Crippen LogP) is 3.94. The lowest BCUT2D eigenvalue weighted by Gasteiger charge is -2.19. The number of nitrogens with one attached hydrogen (secondary N) is 1. The molecule has 0 saturated heterocycles. The van der Waals surface area contributed by atoms with Crippen LogP contribution in [0, 0.1) is 0 Å². The van der Waals surface area contributed by atoms with Gasteiger partial charge >= 0.3 is 5.97 Å². The Kier molecular flexibility index (Phi) is 7.61. The number of carboxylic acid groups (broad SMARTS) is 1. The highest BCUT2D eigenvalue weighted by Crippen LogP contribution is 2.38. The highest BCUT2D eigenvalue weighted by atomic mass is 35.5. The number of nitrogens with zero attached hydrogens (tertiary/aromatic N) is 3. The summed E-state index contributed by atoms with van der Waals surface area (Å²) in [6.45, 7) is 0.303. The van der Waals surface area contributed by atoms with Gasteiger partial charge in [-0.05, 0) is 36.4 Å². The van der Waals surface area contributed by atoms with Gasteiger partial charge in [0.2, 0.25) is 5.95 Å². The van der Waals surface area contributed by atoms with Gasteiger partial charge in [0.25, 0.3) is 0 Å². The van der Waals surface area contributed by atoms with E-state index in [1.54, 1.807) is 32.3 Å². The van der Waals surface area contributed by atoms with Crippen LogP contribution in [0.5, 0.6) is 5.75 Å². The van der Waals surface area contributed by atoms with Gasteiger partial charge in [-0.2, -0.15) is 0 Å². The third-order valence-corrected chi connectivity index (χ3v) is 4.55.